The molecule has 166 valence electrons. The molecule has 1 saturated heterocycles. The normalized spacial score (nSPS) is 18.9. The zero-order valence-electron chi connectivity index (χ0n) is 17.7. The molecule has 1 fully saturated rings. The molecule has 2 unspecified atom stereocenters. The van der Waals surface area contributed by atoms with Gasteiger partial charge in [0, 0.05) is 18.7 Å². The minimum atomic E-state index is -0.985. The van der Waals surface area contributed by atoms with Crippen LogP contribution in [0.2, 0.25) is 0 Å². The molecule has 3 aromatic rings. The topological polar surface area (TPSA) is 122 Å². The Labute approximate surface area is 189 Å². The van der Waals surface area contributed by atoms with E-state index in [1.54, 1.807) is 18.2 Å². The number of rotatable bonds is 5. The molecule has 2 aliphatic rings. The number of anilines is 1. The Hall–Kier alpha value is -4.04. The Morgan fingerprint density at radius 3 is 2.45 bits per heavy atom. The highest BCUT2D eigenvalue weighted by Gasteiger charge is 2.44. The molecule has 2 heterocycles. The van der Waals surface area contributed by atoms with Crippen molar-refractivity contribution in [3.8, 4) is 0 Å². The number of nitrogens with zero attached hydrogens (tertiary/aromatic N) is 1. The van der Waals surface area contributed by atoms with Gasteiger partial charge in [0.1, 0.15) is 6.04 Å². The van der Waals surface area contributed by atoms with E-state index in [0.717, 1.165) is 21.2 Å². The van der Waals surface area contributed by atoms with Crippen LogP contribution < -0.4 is 16.4 Å². The van der Waals surface area contributed by atoms with Crippen LogP contribution in [0, 0.1) is 0 Å². The van der Waals surface area contributed by atoms with Gasteiger partial charge in [0.2, 0.25) is 11.8 Å². The number of nitrogens with two attached hydrogens (primary N) is 1. The third kappa shape index (κ3) is 3.64. The highest BCUT2D eigenvalue weighted by molar-refractivity contribution is 6.23. The van der Waals surface area contributed by atoms with Gasteiger partial charge in [0.05, 0.1) is 17.2 Å². The summed E-state index contributed by atoms with van der Waals surface area (Å²) in [5, 5.41) is 7.79. The second-order valence-corrected chi connectivity index (χ2v) is 8.25. The SMILES string of the molecule is NCC(Nc1ccc2c(c1)C(=O)N(C1CCC(=O)NC1=O)C2=O)c1ccc2ccccc2c1. The standard InChI is InChI=1S/C25H22N4O4/c26-13-20(16-6-5-14-3-1-2-4-15(14)11-16)27-17-7-8-18-19(12-17)25(33)29(24(18)32)21-9-10-22(30)28-23(21)31/h1-8,11-12,20-21,27H,9-10,13,26H2,(H,28,30,31). The molecular formula is C25H22N4O4. The second-order valence-electron chi connectivity index (χ2n) is 8.25. The van der Waals surface area contributed by atoms with Crippen molar-refractivity contribution in [3.05, 3.63) is 77.4 Å². The van der Waals surface area contributed by atoms with Crippen LogP contribution in [0.15, 0.2) is 60.7 Å². The van der Waals surface area contributed by atoms with E-state index in [-0.39, 0.29) is 30.0 Å². The number of hydrogen-bond donors (Lipinski definition) is 3. The summed E-state index contributed by atoms with van der Waals surface area (Å²) < 4.78 is 0. The summed E-state index contributed by atoms with van der Waals surface area (Å²) in [6, 6.07) is 17.9. The van der Waals surface area contributed by atoms with Gasteiger partial charge in [-0.3, -0.25) is 29.4 Å². The maximum Gasteiger partial charge on any atom is 0.262 e. The lowest BCUT2D eigenvalue weighted by molar-refractivity contribution is -0.136. The predicted molar refractivity (Wildman–Crippen MR) is 122 cm³/mol. The summed E-state index contributed by atoms with van der Waals surface area (Å²) >= 11 is 0. The molecule has 0 saturated carbocycles. The minimum Gasteiger partial charge on any atom is -0.377 e. The summed E-state index contributed by atoms with van der Waals surface area (Å²) in [7, 11) is 0. The molecule has 4 N–H and O–H groups in total. The van der Waals surface area contributed by atoms with Crippen molar-refractivity contribution in [2.75, 3.05) is 11.9 Å². The van der Waals surface area contributed by atoms with Crippen LogP contribution >= 0.6 is 0 Å². The maximum atomic E-state index is 13.0. The lowest BCUT2D eigenvalue weighted by atomic mass is 10.0. The van der Waals surface area contributed by atoms with Crippen molar-refractivity contribution in [2.24, 2.45) is 5.73 Å². The van der Waals surface area contributed by atoms with Crippen molar-refractivity contribution >= 4 is 40.1 Å². The lowest BCUT2D eigenvalue weighted by Crippen LogP contribution is -2.54. The molecule has 0 aromatic heterocycles. The van der Waals surface area contributed by atoms with E-state index in [2.05, 4.69) is 16.7 Å². The zero-order valence-corrected chi connectivity index (χ0v) is 17.7. The van der Waals surface area contributed by atoms with Gasteiger partial charge >= 0.3 is 0 Å². The fourth-order valence-corrected chi connectivity index (χ4v) is 4.46. The van der Waals surface area contributed by atoms with E-state index in [0.29, 0.717) is 12.2 Å². The van der Waals surface area contributed by atoms with Crippen molar-refractivity contribution in [1.29, 1.82) is 0 Å². The molecule has 0 spiro atoms. The average molecular weight is 442 g/mol. The molecule has 3 aromatic carbocycles. The number of amides is 4. The van der Waals surface area contributed by atoms with Crippen molar-refractivity contribution < 1.29 is 19.2 Å². The largest absolute Gasteiger partial charge is 0.377 e. The average Bonchev–Trinajstić information content (AvgIpc) is 3.07. The van der Waals surface area contributed by atoms with Gasteiger partial charge in [-0.2, -0.15) is 0 Å². The Kier molecular flexibility index (Phi) is 5.14. The Morgan fingerprint density at radius 2 is 1.70 bits per heavy atom. The molecule has 5 rings (SSSR count). The summed E-state index contributed by atoms with van der Waals surface area (Å²) in [5.74, 6) is -2.09. The first-order valence-corrected chi connectivity index (χ1v) is 10.8. The number of nitrogens with one attached hydrogen (secondary N) is 2. The van der Waals surface area contributed by atoms with Crippen LogP contribution in [0.5, 0.6) is 0 Å². The van der Waals surface area contributed by atoms with Gasteiger partial charge in [0.25, 0.3) is 11.8 Å². The van der Waals surface area contributed by atoms with E-state index in [1.807, 2.05) is 36.4 Å². The molecule has 4 amide bonds. The van der Waals surface area contributed by atoms with Gasteiger partial charge in [-0.1, -0.05) is 36.4 Å². The highest BCUT2D eigenvalue weighted by Crippen LogP contribution is 2.31. The predicted octanol–water partition coefficient (Wildman–Crippen LogP) is 2.35. The van der Waals surface area contributed by atoms with Crippen molar-refractivity contribution in [1.82, 2.24) is 10.2 Å². The van der Waals surface area contributed by atoms with E-state index in [4.69, 9.17) is 5.73 Å². The van der Waals surface area contributed by atoms with Crippen LogP contribution in [0.25, 0.3) is 10.8 Å². The molecule has 0 bridgehead atoms. The fourth-order valence-electron chi connectivity index (χ4n) is 4.46. The van der Waals surface area contributed by atoms with Crippen LogP contribution in [0.1, 0.15) is 45.2 Å². The number of hydrogen-bond acceptors (Lipinski definition) is 6. The molecule has 2 atom stereocenters. The monoisotopic (exact) mass is 442 g/mol. The quantitative estimate of drug-likeness (QED) is 0.522. The van der Waals surface area contributed by atoms with Crippen LogP contribution in [-0.4, -0.2) is 41.1 Å². The number of imide groups is 2. The van der Waals surface area contributed by atoms with Crippen molar-refractivity contribution in [2.45, 2.75) is 24.9 Å². The molecule has 8 heteroatoms. The van der Waals surface area contributed by atoms with Gasteiger partial charge in [-0.05, 0) is 47.0 Å². The Bertz CT molecular complexity index is 1320. The molecule has 0 aliphatic carbocycles. The van der Waals surface area contributed by atoms with Crippen LogP contribution in [-0.2, 0) is 9.59 Å². The summed E-state index contributed by atoms with van der Waals surface area (Å²) in [4.78, 5) is 50.5. The van der Waals surface area contributed by atoms with Gasteiger partial charge in [-0.25, -0.2) is 0 Å². The smallest absolute Gasteiger partial charge is 0.262 e. The minimum absolute atomic E-state index is 0.0839. The highest BCUT2D eigenvalue weighted by atomic mass is 16.2. The number of benzene rings is 3. The van der Waals surface area contributed by atoms with E-state index >= 15 is 0 Å². The summed E-state index contributed by atoms with van der Waals surface area (Å²) in [6.07, 6.45) is 0.207. The number of piperidine rings is 1. The first kappa shape index (κ1) is 20.8. The summed E-state index contributed by atoms with van der Waals surface area (Å²) in [5.41, 5.74) is 8.15. The van der Waals surface area contributed by atoms with E-state index in [1.165, 1.54) is 0 Å². The molecule has 2 aliphatic heterocycles. The maximum absolute atomic E-state index is 13.0. The van der Waals surface area contributed by atoms with E-state index < -0.39 is 29.7 Å². The second kappa shape index (κ2) is 8.14. The van der Waals surface area contributed by atoms with Crippen LogP contribution in [0.4, 0.5) is 5.69 Å². The Balaban J connectivity index is 1.40. The molecule has 33 heavy (non-hydrogen) atoms. The van der Waals surface area contributed by atoms with E-state index in [9.17, 15) is 19.2 Å². The first-order valence-electron chi connectivity index (χ1n) is 10.8. The third-order valence-corrected chi connectivity index (χ3v) is 6.19. The third-order valence-electron chi connectivity index (χ3n) is 6.19. The zero-order chi connectivity index (χ0) is 23.1. The van der Waals surface area contributed by atoms with Gasteiger partial charge < -0.3 is 11.1 Å². The Morgan fingerprint density at radius 1 is 0.939 bits per heavy atom. The van der Waals surface area contributed by atoms with Crippen LogP contribution in [0.3, 0.4) is 0 Å². The van der Waals surface area contributed by atoms with Crippen molar-refractivity contribution in [3.63, 3.8) is 0 Å². The number of carbonyl (C=O) groups excluding carboxylic acids is 4. The number of carbonyl (C=O) groups is 4. The molecular weight excluding hydrogens is 420 g/mol. The molecule has 0 radical (unpaired) electrons. The summed E-state index contributed by atoms with van der Waals surface area (Å²) in [6.45, 7) is 0.324. The lowest BCUT2D eigenvalue weighted by Gasteiger charge is -2.27. The van der Waals surface area contributed by atoms with Gasteiger partial charge in [-0.15, -0.1) is 0 Å². The number of fused-ring (bicyclic) bond motifs is 2. The first-order chi connectivity index (χ1) is 16.0. The van der Waals surface area contributed by atoms with Gasteiger partial charge in [0.15, 0.2) is 0 Å². The molecule has 8 nitrogen and oxygen atoms in total. The fraction of sp³-hybridized carbons (Fsp3) is 0.200.